The molecule has 126 valence electrons. The average Bonchev–Trinajstić information content (AvgIpc) is 2.49. The van der Waals surface area contributed by atoms with Crippen molar-refractivity contribution in [3.05, 3.63) is 29.8 Å². The number of aryl methyl sites for hydroxylation is 1. The van der Waals surface area contributed by atoms with Gasteiger partial charge in [0.1, 0.15) is 0 Å². The number of benzene rings is 1. The summed E-state index contributed by atoms with van der Waals surface area (Å²) in [5, 5.41) is 0. The van der Waals surface area contributed by atoms with Gasteiger partial charge < -0.3 is 14.2 Å². The smallest absolute Gasteiger partial charge is 0.297 e. The predicted molar refractivity (Wildman–Crippen MR) is 82.4 cm³/mol. The molecule has 1 aromatic carbocycles. The predicted octanol–water partition coefficient (Wildman–Crippen LogP) is 1.77. The maximum absolute atomic E-state index is 12.0. The second-order valence-electron chi connectivity index (χ2n) is 4.84. The van der Waals surface area contributed by atoms with Gasteiger partial charge in [0.25, 0.3) is 10.1 Å². The molecule has 0 amide bonds. The number of hydrogen-bond donors (Lipinski definition) is 0. The van der Waals surface area contributed by atoms with Gasteiger partial charge in [0, 0.05) is 7.11 Å². The van der Waals surface area contributed by atoms with Crippen molar-refractivity contribution >= 4 is 10.1 Å². The summed E-state index contributed by atoms with van der Waals surface area (Å²) in [5.41, 5.74) is 0.990. The van der Waals surface area contributed by atoms with Gasteiger partial charge in [0.2, 0.25) is 0 Å². The molecule has 0 aliphatic heterocycles. The van der Waals surface area contributed by atoms with Gasteiger partial charge in [0.05, 0.1) is 44.0 Å². The van der Waals surface area contributed by atoms with Crippen molar-refractivity contribution in [2.75, 3.05) is 40.1 Å². The first-order chi connectivity index (χ1) is 10.5. The Labute approximate surface area is 132 Å². The van der Waals surface area contributed by atoms with Crippen LogP contribution < -0.4 is 0 Å². The van der Waals surface area contributed by atoms with E-state index < -0.39 is 10.1 Å². The van der Waals surface area contributed by atoms with Crippen molar-refractivity contribution in [3.63, 3.8) is 0 Å². The molecule has 1 aromatic rings. The highest BCUT2D eigenvalue weighted by Crippen LogP contribution is 2.13. The molecular weight excluding hydrogens is 308 g/mol. The Morgan fingerprint density at radius 1 is 1.05 bits per heavy atom. The van der Waals surface area contributed by atoms with Crippen LogP contribution in [0.1, 0.15) is 12.5 Å². The highest BCUT2D eigenvalue weighted by Gasteiger charge is 2.16. The molecule has 0 unspecified atom stereocenters. The van der Waals surface area contributed by atoms with Crippen LogP contribution >= 0.6 is 0 Å². The van der Waals surface area contributed by atoms with E-state index in [1.54, 1.807) is 26.2 Å². The summed E-state index contributed by atoms with van der Waals surface area (Å²) in [6.07, 6.45) is -0.341. The quantitative estimate of drug-likeness (QED) is 0.454. The number of rotatable bonds is 11. The largest absolute Gasteiger partial charge is 0.382 e. The van der Waals surface area contributed by atoms with Gasteiger partial charge in [0.15, 0.2) is 0 Å². The third kappa shape index (κ3) is 7.33. The van der Waals surface area contributed by atoms with Gasteiger partial charge >= 0.3 is 0 Å². The summed E-state index contributed by atoms with van der Waals surface area (Å²) in [6, 6.07) is 6.51. The molecule has 0 fully saturated rings. The van der Waals surface area contributed by atoms with E-state index in [0.717, 1.165) is 5.56 Å². The molecule has 22 heavy (non-hydrogen) atoms. The van der Waals surface area contributed by atoms with Gasteiger partial charge in [-0.25, -0.2) is 0 Å². The van der Waals surface area contributed by atoms with E-state index in [4.69, 9.17) is 18.4 Å². The van der Waals surface area contributed by atoms with E-state index in [-0.39, 0.29) is 17.6 Å². The Morgan fingerprint density at radius 3 is 2.32 bits per heavy atom. The zero-order valence-electron chi connectivity index (χ0n) is 13.3. The summed E-state index contributed by atoms with van der Waals surface area (Å²) in [7, 11) is -2.14. The lowest BCUT2D eigenvalue weighted by Gasteiger charge is -2.13. The minimum Gasteiger partial charge on any atom is -0.382 e. The van der Waals surface area contributed by atoms with Crippen molar-refractivity contribution in [3.8, 4) is 0 Å². The fourth-order valence-electron chi connectivity index (χ4n) is 1.56. The summed E-state index contributed by atoms with van der Waals surface area (Å²) in [4.78, 5) is 0.146. The van der Waals surface area contributed by atoms with Crippen LogP contribution in [-0.4, -0.2) is 54.7 Å². The minimum absolute atomic E-state index is 0.0335. The van der Waals surface area contributed by atoms with Gasteiger partial charge in [-0.1, -0.05) is 17.7 Å². The van der Waals surface area contributed by atoms with Crippen molar-refractivity contribution < 1.29 is 26.8 Å². The molecule has 0 saturated carbocycles. The molecule has 0 aliphatic carbocycles. The molecule has 0 radical (unpaired) electrons. The Hall–Kier alpha value is -0.990. The first-order valence-electron chi connectivity index (χ1n) is 7.10. The van der Waals surface area contributed by atoms with Crippen LogP contribution in [0.5, 0.6) is 0 Å². The normalized spacial score (nSPS) is 13.2. The highest BCUT2D eigenvalue weighted by molar-refractivity contribution is 7.86. The fourth-order valence-corrected chi connectivity index (χ4v) is 2.54. The van der Waals surface area contributed by atoms with E-state index >= 15 is 0 Å². The number of ether oxygens (including phenoxy) is 3. The Balaban J connectivity index is 2.28. The first-order valence-corrected chi connectivity index (χ1v) is 8.51. The van der Waals surface area contributed by atoms with Crippen LogP contribution in [0.15, 0.2) is 29.2 Å². The van der Waals surface area contributed by atoms with Crippen LogP contribution in [0.2, 0.25) is 0 Å². The topological polar surface area (TPSA) is 71.1 Å². The number of hydrogen-bond acceptors (Lipinski definition) is 6. The number of methoxy groups -OCH3 is 1. The van der Waals surface area contributed by atoms with E-state index in [9.17, 15) is 8.42 Å². The molecule has 0 aliphatic rings. The lowest BCUT2D eigenvalue weighted by molar-refractivity contribution is -0.0136. The van der Waals surface area contributed by atoms with Crippen LogP contribution in [0.25, 0.3) is 0 Å². The second-order valence-corrected chi connectivity index (χ2v) is 6.45. The highest BCUT2D eigenvalue weighted by atomic mass is 32.2. The van der Waals surface area contributed by atoms with Crippen molar-refractivity contribution in [1.29, 1.82) is 0 Å². The summed E-state index contributed by atoms with van der Waals surface area (Å²) in [6.45, 7) is 5.45. The molecule has 0 bridgehead atoms. The van der Waals surface area contributed by atoms with Gasteiger partial charge in [-0.2, -0.15) is 8.42 Å². The third-order valence-electron chi connectivity index (χ3n) is 2.83. The van der Waals surface area contributed by atoms with E-state index in [1.807, 2.05) is 6.92 Å². The zero-order valence-corrected chi connectivity index (χ0v) is 14.1. The first kappa shape index (κ1) is 19.1. The Bertz CT molecular complexity index is 511. The fraction of sp³-hybridized carbons (Fsp3) is 0.600. The Morgan fingerprint density at radius 2 is 1.68 bits per heavy atom. The zero-order chi connectivity index (χ0) is 16.4. The second kappa shape index (κ2) is 9.91. The van der Waals surface area contributed by atoms with Crippen molar-refractivity contribution in [2.24, 2.45) is 0 Å². The third-order valence-corrected chi connectivity index (χ3v) is 4.13. The molecule has 0 N–H and O–H groups in total. The van der Waals surface area contributed by atoms with Crippen LogP contribution in [0, 0.1) is 6.92 Å². The molecular formula is C15H24O6S. The monoisotopic (exact) mass is 332 g/mol. The molecule has 6 nitrogen and oxygen atoms in total. The lowest BCUT2D eigenvalue weighted by atomic mass is 10.2. The van der Waals surface area contributed by atoms with E-state index in [0.29, 0.717) is 26.4 Å². The molecule has 1 atom stereocenters. The van der Waals surface area contributed by atoms with Gasteiger partial charge in [-0.05, 0) is 26.0 Å². The maximum atomic E-state index is 12.0. The molecule has 1 rings (SSSR count). The molecule has 0 saturated heterocycles. The molecule has 7 heteroatoms. The summed E-state index contributed by atoms with van der Waals surface area (Å²) >= 11 is 0. The van der Waals surface area contributed by atoms with Gasteiger partial charge in [-0.15, -0.1) is 0 Å². The average molecular weight is 332 g/mol. The SMILES string of the molecule is COCCOCCO[C@@H](C)COS(=O)(=O)c1ccc(C)cc1. The van der Waals surface area contributed by atoms with E-state index in [2.05, 4.69) is 0 Å². The minimum atomic E-state index is -3.74. The van der Waals surface area contributed by atoms with Crippen molar-refractivity contribution in [2.45, 2.75) is 24.8 Å². The van der Waals surface area contributed by atoms with Crippen LogP contribution in [-0.2, 0) is 28.5 Å². The summed E-state index contributed by atoms with van der Waals surface area (Å²) < 4.78 is 44.5. The Kier molecular flexibility index (Phi) is 8.59. The van der Waals surface area contributed by atoms with Crippen LogP contribution in [0.3, 0.4) is 0 Å². The molecule has 0 spiro atoms. The van der Waals surface area contributed by atoms with E-state index in [1.165, 1.54) is 12.1 Å². The maximum Gasteiger partial charge on any atom is 0.297 e. The van der Waals surface area contributed by atoms with Crippen LogP contribution in [0.4, 0.5) is 0 Å². The molecule has 0 aromatic heterocycles. The van der Waals surface area contributed by atoms with Gasteiger partial charge in [-0.3, -0.25) is 4.18 Å². The molecule has 0 heterocycles. The summed E-state index contributed by atoms with van der Waals surface area (Å²) in [5.74, 6) is 0. The van der Waals surface area contributed by atoms with Crippen molar-refractivity contribution in [1.82, 2.24) is 0 Å². The standard InChI is InChI=1S/C15H24O6S/c1-13-4-6-15(7-5-13)22(16,17)21-12-14(2)20-11-10-19-9-8-18-3/h4-7,14H,8-12H2,1-3H3/t14-/m0/s1. The lowest BCUT2D eigenvalue weighted by Crippen LogP contribution is -2.21.